The molecule has 0 heterocycles. The topological polar surface area (TPSA) is 0 Å². The van der Waals surface area contributed by atoms with E-state index in [1.165, 1.54) is 36.8 Å². The van der Waals surface area contributed by atoms with Gasteiger partial charge in [0.05, 0.1) is 0 Å². The fourth-order valence-corrected chi connectivity index (χ4v) is 1.33. The van der Waals surface area contributed by atoms with E-state index in [4.69, 9.17) is 0 Å². The summed E-state index contributed by atoms with van der Waals surface area (Å²) in [6.07, 6.45) is 8.95. The van der Waals surface area contributed by atoms with Crippen LogP contribution in [0.4, 0.5) is 0 Å². The minimum atomic E-state index is 1.18. The molecular formula is C10H14. The van der Waals surface area contributed by atoms with Crippen LogP contribution in [0.3, 0.4) is 0 Å². The van der Waals surface area contributed by atoms with Crippen molar-refractivity contribution in [2.45, 2.75) is 25.7 Å². The Balaban J connectivity index is 2.64. The van der Waals surface area contributed by atoms with E-state index in [0.29, 0.717) is 0 Å². The first-order chi connectivity index (χ1) is 4.84. The lowest BCUT2D eigenvalue weighted by molar-refractivity contribution is 0.681. The highest BCUT2D eigenvalue weighted by Gasteiger charge is 2.07. The van der Waals surface area contributed by atoms with Crippen LogP contribution in [0.2, 0.25) is 0 Å². The molecule has 0 aromatic rings. The second-order valence-electron chi connectivity index (χ2n) is 2.74. The van der Waals surface area contributed by atoms with Crippen LogP contribution < -0.4 is 0 Å². The van der Waals surface area contributed by atoms with E-state index in [-0.39, 0.29) is 0 Å². The molecule has 0 nitrogen and oxygen atoms in total. The lowest BCUT2D eigenvalue weighted by atomic mass is 9.90. The van der Waals surface area contributed by atoms with Gasteiger partial charge in [-0.1, -0.05) is 30.9 Å². The molecule has 0 aliphatic heterocycles. The highest BCUT2D eigenvalue weighted by atomic mass is 14.1. The monoisotopic (exact) mass is 134 g/mol. The van der Waals surface area contributed by atoms with Gasteiger partial charge in [-0.2, -0.15) is 0 Å². The molecule has 1 aliphatic carbocycles. The Morgan fingerprint density at radius 2 is 1.90 bits per heavy atom. The molecular weight excluding hydrogens is 120 g/mol. The normalized spacial score (nSPS) is 23.2. The summed E-state index contributed by atoms with van der Waals surface area (Å²) < 4.78 is 0. The summed E-state index contributed by atoms with van der Waals surface area (Å²) in [4.78, 5) is 0. The van der Waals surface area contributed by atoms with E-state index < -0.39 is 0 Å². The van der Waals surface area contributed by atoms with Crippen molar-refractivity contribution < 1.29 is 0 Å². The van der Waals surface area contributed by atoms with E-state index >= 15 is 0 Å². The average Bonchev–Trinajstić information content (AvgIpc) is 1.94. The summed E-state index contributed by atoms with van der Waals surface area (Å²) >= 11 is 0. The van der Waals surface area contributed by atoms with Crippen LogP contribution in [0, 0.1) is 0 Å². The van der Waals surface area contributed by atoms with Gasteiger partial charge in [-0.25, -0.2) is 0 Å². The molecule has 0 amide bonds. The van der Waals surface area contributed by atoms with Crippen molar-refractivity contribution in [2.75, 3.05) is 0 Å². The molecule has 1 saturated carbocycles. The van der Waals surface area contributed by atoms with Crippen LogP contribution in [0.25, 0.3) is 0 Å². The summed E-state index contributed by atoms with van der Waals surface area (Å²) in [6, 6.07) is 0. The van der Waals surface area contributed by atoms with Crippen molar-refractivity contribution in [1.82, 2.24) is 0 Å². The predicted octanol–water partition coefficient (Wildman–Crippen LogP) is 3.23. The molecule has 1 rings (SSSR count). The highest BCUT2D eigenvalue weighted by Crippen LogP contribution is 2.26. The Kier molecular flexibility index (Phi) is 2.49. The minimum Gasteiger partial charge on any atom is -0.0991 e. The van der Waals surface area contributed by atoms with Gasteiger partial charge < -0.3 is 0 Å². The Morgan fingerprint density at radius 3 is 2.50 bits per heavy atom. The molecule has 0 aromatic carbocycles. The smallest absolute Gasteiger partial charge is 0.0276 e. The van der Waals surface area contributed by atoms with Crippen LogP contribution in [0.5, 0.6) is 0 Å². The maximum atomic E-state index is 4.00. The number of rotatable bonds is 1. The number of allylic oxidation sites excluding steroid dienone is 4. The van der Waals surface area contributed by atoms with Crippen molar-refractivity contribution in [3.05, 3.63) is 36.5 Å². The van der Waals surface area contributed by atoms with Gasteiger partial charge in [-0.15, -0.1) is 0 Å². The third-order valence-corrected chi connectivity index (χ3v) is 1.95. The Bertz CT molecular complexity index is 172. The van der Waals surface area contributed by atoms with E-state index in [1.807, 2.05) is 6.08 Å². The van der Waals surface area contributed by atoms with E-state index in [0.717, 1.165) is 0 Å². The van der Waals surface area contributed by atoms with Crippen molar-refractivity contribution in [1.29, 1.82) is 0 Å². The van der Waals surface area contributed by atoms with Gasteiger partial charge >= 0.3 is 0 Å². The highest BCUT2D eigenvalue weighted by molar-refractivity contribution is 5.32. The quantitative estimate of drug-likeness (QED) is 0.516. The number of hydrogen-bond donors (Lipinski definition) is 0. The van der Waals surface area contributed by atoms with Gasteiger partial charge in [0.2, 0.25) is 0 Å². The SMILES string of the molecule is C=C/C=C1\CCCCC1=C. The zero-order valence-electron chi connectivity index (χ0n) is 6.40. The maximum absolute atomic E-state index is 4.00. The summed E-state index contributed by atoms with van der Waals surface area (Å²) in [6.45, 7) is 7.67. The first-order valence-corrected chi connectivity index (χ1v) is 3.84. The van der Waals surface area contributed by atoms with Gasteiger partial charge in [0.1, 0.15) is 0 Å². The molecule has 54 valence electrons. The fraction of sp³-hybridized carbons (Fsp3) is 0.400. The third-order valence-electron chi connectivity index (χ3n) is 1.95. The zero-order valence-corrected chi connectivity index (χ0v) is 6.40. The van der Waals surface area contributed by atoms with Crippen molar-refractivity contribution in [3.8, 4) is 0 Å². The molecule has 10 heavy (non-hydrogen) atoms. The van der Waals surface area contributed by atoms with Crippen LogP contribution in [0.15, 0.2) is 36.5 Å². The molecule has 1 aliphatic rings. The first-order valence-electron chi connectivity index (χ1n) is 3.84. The molecule has 0 radical (unpaired) electrons. The Morgan fingerprint density at radius 1 is 1.20 bits per heavy atom. The molecule has 1 fully saturated rings. The molecule has 0 aromatic heterocycles. The van der Waals surface area contributed by atoms with E-state index in [9.17, 15) is 0 Å². The summed E-state index contributed by atoms with van der Waals surface area (Å²) in [5.41, 5.74) is 2.72. The van der Waals surface area contributed by atoms with Crippen molar-refractivity contribution >= 4 is 0 Å². The summed E-state index contributed by atoms with van der Waals surface area (Å²) in [5.74, 6) is 0. The Hall–Kier alpha value is -0.780. The lowest BCUT2D eigenvalue weighted by Crippen LogP contribution is -1.96. The van der Waals surface area contributed by atoms with Crippen LogP contribution in [-0.4, -0.2) is 0 Å². The maximum Gasteiger partial charge on any atom is -0.0276 e. The summed E-state index contributed by atoms with van der Waals surface area (Å²) in [7, 11) is 0. The average molecular weight is 134 g/mol. The summed E-state index contributed by atoms with van der Waals surface area (Å²) in [5, 5.41) is 0. The molecule has 0 heteroatoms. The number of hydrogen-bond acceptors (Lipinski definition) is 0. The van der Waals surface area contributed by atoms with Crippen LogP contribution in [0.1, 0.15) is 25.7 Å². The second kappa shape index (κ2) is 3.40. The van der Waals surface area contributed by atoms with Crippen LogP contribution >= 0.6 is 0 Å². The second-order valence-corrected chi connectivity index (χ2v) is 2.74. The van der Waals surface area contributed by atoms with Crippen molar-refractivity contribution in [3.63, 3.8) is 0 Å². The molecule has 0 saturated heterocycles. The molecule has 0 atom stereocenters. The Labute approximate surface area is 62.9 Å². The van der Waals surface area contributed by atoms with Gasteiger partial charge in [-0.3, -0.25) is 0 Å². The minimum absolute atomic E-state index is 1.18. The first kappa shape index (κ1) is 7.33. The zero-order chi connectivity index (χ0) is 7.40. The molecule has 0 bridgehead atoms. The van der Waals surface area contributed by atoms with E-state index in [2.05, 4.69) is 19.2 Å². The standard InChI is InChI=1S/C10H14/c1-3-6-10-8-5-4-7-9(10)2/h3,6H,1-2,4-5,7-8H2/b10-6+. The van der Waals surface area contributed by atoms with Gasteiger partial charge in [0.25, 0.3) is 0 Å². The lowest BCUT2D eigenvalue weighted by Gasteiger charge is -2.15. The van der Waals surface area contributed by atoms with Gasteiger partial charge in [0.15, 0.2) is 0 Å². The molecule has 0 spiro atoms. The van der Waals surface area contributed by atoms with Crippen LogP contribution in [-0.2, 0) is 0 Å². The van der Waals surface area contributed by atoms with Crippen molar-refractivity contribution in [2.24, 2.45) is 0 Å². The fourth-order valence-electron chi connectivity index (χ4n) is 1.33. The van der Waals surface area contributed by atoms with Gasteiger partial charge in [-0.05, 0) is 31.3 Å². The van der Waals surface area contributed by atoms with E-state index in [1.54, 1.807) is 0 Å². The predicted molar refractivity (Wildman–Crippen MR) is 45.9 cm³/mol. The van der Waals surface area contributed by atoms with Gasteiger partial charge in [0, 0.05) is 0 Å². The third kappa shape index (κ3) is 1.60. The molecule has 0 N–H and O–H groups in total. The largest absolute Gasteiger partial charge is 0.0991 e. The molecule has 0 unspecified atom stereocenters.